The maximum atomic E-state index is 13.8. The largest absolute Gasteiger partial charge is 0.463 e. The highest BCUT2D eigenvalue weighted by Gasteiger charge is 2.33. The van der Waals surface area contributed by atoms with Crippen molar-refractivity contribution >= 4 is 12.0 Å². The Morgan fingerprint density at radius 2 is 2.30 bits per heavy atom. The van der Waals surface area contributed by atoms with Gasteiger partial charge in [0.1, 0.15) is 5.82 Å². The van der Waals surface area contributed by atoms with E-state index in [1.165, 1.54) is 12.3 Å². The number of pyridine rings is 1. The fourth-order valence-corrected chi connectivity index (χ4v) is 2.03. The lowest BCUT2D eigenvalue weighted by molar-refractivity contribution is -0.139. The van der Waals surface area contributed by atoms with Crippen molar-refractivity contribution in [3.63, 3.8) is 0 Å². The van der Waals surface area contributed by atoms with E-state index in [2.05, 4.69) is 15.6 Å². The molecule has 1 aromatic heterocycles. The van der Waals surface area contributed by atoms with Gasteiger partial charge in [-0.3, -0.25) is 4.98 Å². The number of carbonyl (C=O) groups excluding carboxylic acids is 2. The zero-order valence-corrected chi connectivity index (χ0v) is 11.1. The molecule has 0 fully saturated rings. The van der Waals surface area contributed by atoms with Crippen LogP contribution in [0.15, 0.2) is 29.7 Å². The van der Waals surface area contributed by atoms with Crippen molar-refractivity contribution in [2.75, 3.05) is 6.61 Å². The van der Waals surface area contributed by atoms with E-state index in [4.69, 9.17) is 4.74 Å². The quantitative estimate of drug-likeness (QED) is 0.820. The monoisotopic (exact) mass is 279 g/mol. The van der Waals surface area contributed by atoms with Gasteiger partial charge in [-0.15, -0.1) is 0 Å². The van der Waals surface area contributed by atoms with Crippen molar-refractivity contribution in [1.82, 2.24) is 15.6 Å². The molecule has 2 heterocycles. The van der Waals surface area contributed by atoms with Gasteiger partial charge in [-0.1, -0.05) is 0 Å². The van der Waals surface area contributed by atoms with Crippen molar-refractivity contribution < 1.29 is 18.7 Å². The van der Waals surface area contributed by atoms with Gasteiger partial charge < -0.3 is 15.4 Å². The summed E-state index contributed by atoms with van der Waals surface area (Å²) in [6.07, 6.45) is 2.42. The second-order valence-corrected chi connectivity index (χ2v) is 4.19. The average Bonchev–Trinajstić information content (AvgIpc) is 2.38. The Labute approximate surface area is 115 Å². The summed E-state index contributed by atoms with van der Waals surface area (Å²) in [6, 6.07) is 0.0144. The zero-order chi connectivity index (χ0) is 14.7. The molecule has 7 heteroatoms. The second kappa shape index (κ2) is 5.68. The average molecular weight is 279 g/mol. The number of amides is 2. The van der Waals surface area contributed by atoms with Gasteiger partial charge in [-0.05, 0) is 19.9 Å². The number of rotatable bonds is 3. The molecule has 6 nitrogen and oxygen atoms in total. The van der Waals surface area contributed by atoms with Gasteiger partial charge in [0.05, 0.1) is 24.4 Å². The van der Waals surface area contributed by atoms with Crippen LogP contribution in [0.2, 0.25) is 0 Å². The van der Waals surface area contributed by atoms with E-state index < -0.39 is 23.9 Å². The molecule has 0 saturated heterocycles. The molecule has 1 aromatic rings. The van der Waals surface area contributed by atoms with Crippen LogP contribution in [-0.2, 0) is 9.53 Å². The summed E-state index contributed by atoms with van der Waals surface area (Å²) < 4.78 is 18.8. The molecule has 2 rings (SSSR count). The van der Waals surface area contributed by atoms with Crippen LogP contribution in [0.4, 0.5) is 9.18 Å². The lowest BCUT2D eigenvalue weighted by atomic mass is 9.96. The Balaban J connectivity index is 2.48. The highest BCUT2D eigenvalue weighted by atomic mass is 19.1. The Morgan fingerprint density at radius 3 is 2.95 bits per heavy atom. The van der Waals surface area contributed by atoms with Crippen LogP contribution in [-0.4, -0.2) is 23.6 Å². The standard InChI is InChI=1S/C13H14FN3O3/c1-3-20-12(18)10-7(2)16-13(19)17-11(10)8-4-5-15-6-9(8)14/h4-6,11H,3H2,1-2H3,(H2,16,17,19)/t11-/m1/s1. The molecule has 1 aliphatic rings. The van der Waals surface area contributed by atoms with Gasteiger partial charge >= 0.3 is 12.0 Å². The second-order valence-electron chi connectivity index (χ2n) is 4.19. The first-order valence-electron chi connectivity index (χ1n) is 6.09. The molecule has 0 unspecified atom stereocenters. The third kappa shape index (κ3) is 2.61. The summed E-state index contributed by atoms with van der Waals surface area (Å²) >= 11 is 0. The van der Waals surface area contributed by atoms with Crippen LogP contribution < -0.4 is 10.6 Å². The number of nitrogens with zero attached hydrogens (tertiary/aromatic N) is 1. The number of allylic oxidation sites excluding steroid dienone is 1. The molecular formula is C13H14FN3O3. The Morgan fingerprint density at radius 1 is 1.55 bits per heavy atom. The highest BCUT2D eigenvalue weighted by molar-refractivity contribution is 5.95. The predicted molar refractivity (Wildman–Crippen MR) is 67.9 cm³/mol. The first kappa shape index (κ1) is 14.0. The molecule has 1 aliphatic heterocycles. The van der Waals surface area contributed by atoms with Gasteiger partial charge in [0.25, 0.3) is 0 Å². The Hall–Kier alpha value is -2.44. The maximum absolute atomic E-state index is 13.8. The summed E-state index contributed by atoms with van der Waals surface area (Å²) in [5, 5.41) is 5.00. The first-order valence-corrected chi connectivity index (χ1v) is 6.09. The van der Waals surface area contributed by atoms with E-state index >= 15 is 0 Å². The Kier molecular flexibility index (Phi) is 3.97. The zero-order valence-electron chi connectivity index (χ0n) is 11.1. The fourth-order valence-electron chi connectivity index (χ4n) is 2.03. The molecule has 0 spiro atoms. The molecule has 20 heavy (non-hydrogen) atoms. The van der Waals surface area contributed by atoms with Crippen molar-refractivity contribution in [2.24, 2.45) is 0 Å². The summed E-state index contributed by atoms with van der Waals surface area (Å²) in [5.41, 5.74) is 0.683. The van der Waals surface area contributed by atoms with Crippen LogP contribution in [0, 0.1) is 5.82 Å². The fraction of sp³-hybridized carbons (Fsp3) is 0.308. The van der Waals surface area contributed by atoms with E-state index in [-0.39, 0.29) is 17.7 Å². The van der Waals surface area contributed by atoms with E-state index in [0.717, 1.165) is 6.20 Å². The topological polar surface area (TPSA) is 80.3 Å². The molecule has 0 aromatic carbocycles. The molecule has 1 atom stereocenters. The lowest BCUT2D eigenvalue weighted by Gasteiger charge is -2.28. The number of urea groups is 1. The first-order chi connectivity index (χ1) is 9.54. The van der Waals surface area contributed by atoms with E-state index in [0.29, 0.717) is 5.70 Å². The number of carbonyl (C=O) groups is 2. The third-order valence-corrected chi connectivity index (χ3v) is 2.88. The number of nitrogens with one attached hydrogen (secondary N) is 2. The predicted octanol–water partition coefficient (Wildman–Crippen LogP) is 1.41. The smallest absolute Gasteiger partial charge is 0.338 e. The minimum Gasteiger partial charge on any atom is -0.463 e. The number of halogens is 1. The van der Waals surface area contributed by atoms with E-state index in [1.54, 1.807) is 13.8 Å². The summed E-state index contributed by atoms with van der Waals surface area (Å²) in [4.78, 5) is 27.2. The summed E-state index contributed by atoms with van der Waals surface area (Å²) in [7, 11) is 0. The number of aromatic nitrogens is 1. The normalized spacial score (nSPS) is 18.4. The third-order valence-electron chi connectivity index (χ3n) is 2.88. The number of esters is 1. The van der Waals surface area contributed by atoms with Crippen LogP contribution in [0.25, 0.3) is 0 Å². The number of hydrogen-bond donors (Lipinski definition) is 2. The van der Waals surface area contributed by atoms with E-state index in [9.17, 15) is 14.0 Å². The van der Waals surface area contributed by atoms with Gasteiger partial charge in [0.15, 0.2) is 0 Å². The van der Waals surface area contributed by atoms with Crippen molar-refractivity contribution in [3.05, 3.63) is 41.1 Å². The molecule has 0 aliphatic carbocycles. The highest BCUT2D eigenvalue weighted by Crippen LogP contribution is 2.28. The van der Waals surface area contributed by atoms with E-state index in [1.807, 2.05) is 0 Å². The molecule has 0 saturated carbocycles. The molecular weight excluding hydrogens is 265 g/mol. The van der Waals surface area contributed by atoms with Gasteiger partial charge in [-0.2, -0.15) is 0 Å². The number of hydrogen-bond acceptors (Lipinski definition) is 4. The summed E-state index contributed by atoms with van der Waals surface area (Å²) in [5.74, 6) is -1.20. The molecule has 106 valence electrons. The van der Waals surface area contributed by atoms with Crippen LogP contribution in [0.1, 0.15) is 25.5 Å². The molecule has 0 bridgehead atoms. The van der Waals surface area contributed by atoms with Crippen molar-refractivity contribution in [1.29, 1.82) is 0 Å². The lowest BCUT2D eigenvalue weighted by Crippen LogP contribution is -2.45. The maximum Gasteiger partial charge on any atom is 0.338 e. The molecule has 2 amide bonds. The van der Waals surface area contributed by atoms with Crippen LogP contribution >= 0.6 is 0 Å². The Bertz CT molecular complexity index is 586. The van der Waals surface area contributed by atoms with Crippen molar-refractivity contribution in [2.45, 2.75) is 19.9 Å². The molecule has 2 N–H and O–H groups in total. The van der Waals surface area contributed by atoms with Gasteiger partial charge in [0, 0.05) is 17.5 Å². The van der Waals surface area contributed by atoms with Crippen LogP contribution in [0.5, 0.6) is 0 Å². The SMILES string of the molecule is CCOC(=O)C1=C(C)NC(=O)N[C@@H]1c1ccncc1F. The van der Waals surface area contributed by atoms with Crippen LogP contribution in [0.3, 0.4) is 0 Å². The minimum absolute atomic E-state index is 0.164. The van der Waals surface area contributed by atoms with Gasteiger partial charge in [0.2, 0.25) is 0 Å². The van der Waals surface area contributed by atoms with Gasteiger partial charge in [-0.25, -0.2) is 14.0 Å². The number of ether oxygens (including phenoxy) is 1. The summed E-state index contributed by atoms with van der Waals surface area (Å²) in [6.45, 7) is 3.43. The molecule has 0 radical (unpaired) electrons. The minimum atomic E-state index is -0.897. The van der Waals surface area contributed by atoms with Crippen molar-refractivity contribution in [3.8, 4) is 0 Å².